The number of hydrogen-bond acceptors (Lipinski definition) is 3. The summed E-state index contributed by atoms with van der Waals surface area (Å²) in [5.41, 5.74) is 1.06. The fraction of sp³-hybridized carbons (Fsp3) is 0.350. The van der Waals surface area contributed by atoms with Crippen molar-refractivity contribution in [2.45, 2.75) is 30.7 Å². The second kappa shape index (κ2) is 8.01. The van der Waals surface area contributed by atoms with Crippen LogP contribution in [0.5, 0.6) is 0 Å². The van der Waals surface area contributed by atoms with Crippen molar-refractivity contribution in [1.29, 1.82) is 0 Å². The van der Waals surface area contributed by atoms with Crippen LogP contribution in [0.15, 0.2) is 65.6 Å². The van der Waals surface area contributed by atoms with Crippen LogP contribution in [-0.2, 0) is 14.8 Å². The van der Waals surface area contributed by atoms with E-state index in [1.165, 1.54) is 4.31 Å². The molecular weight excluding hydrogens is 348 g/mol. The molecule has 0 aromatic heterocycles. The lowest BCUT2D eigenvalue weighted by Crippen LogP contribution is -2.43. The third-order valence-corrected chi connectivity index (χ3v) is 6.78. The quantitative estimate of drug-likeness (QED) is 0.877. The SMILES string of the molecule is C[C@H](NC(=O)C1CCN(S(=O)(=O)c2ccccc2)CC1)c1ccccc1. The van der Waals surface area contributed by atoms with Gasteiger partial charge in [0.2, 0.25) is 15.9 Å². The van der Waals surface area contributed by atoms with Crippen LogP contribution in [0.3, 0.4) is 0 Å². The molecule has 2 aromatic rings. The van der Waals surface area contributed by atoms with Gasteiger partial charge in [-0.2, -0.15) is 4.31 Å². The number of amides is 1. The lowest BCUT2D eigenvalue weighted by Gasteiger charge is -2.31. The highest BCUT2D eigenvalue weighted by Crippen LogP contribution is 2.24. The molecule has 5 nitrogen and oxygen atoms in total. The van der Waals surface area contributed by atoms with Gasteiger partial charge in [-0.15, -0.1) is 0 Å². The molecule has 26 heavy (non-hydrogen) atoms. The van der Waals surface area contributed by atoms with Crippen molar-refractivity contribution >= 4 is 15.9 Å². The van der Waals surface area contributed by atoms with Gasteiger partial charge in [-0.05, 0) is 37.5 Å². The van der Waals surface area contributed by atoms with E-state index in [4.69, 9.17) is 0 Å². The summed E-state index contributed by atoms with van der Waals surface area (Å²) in [7, 11) is -3.48. The summed E-state index contributed by atoms with van der Waals surface area (Å²) in [5, 5.41) is 3.04. The van der Waals surface area contributed by atoms with Crippen molar-refractivity contribution in [3.63, 3.8) is 0 Å². The maximum atomic E-state index is 12.7. The van der Waals surface area contributed by atoms with Crippen molar-refractivity contribution < 1.29 is 13.2 Å². The van der Waals surface area contributed by atoms with Crippen LogP contribution in [-0.4, -0.2) is 31.7 Å². The molecule has 1 amide bonds. The number of hydrogen-bond donors (Lipinski definition) is 1. The van der Waals surface area contributed by atoms with E-state index < -0.39 is 10.0 Å². The second-order valence-electron chi connectivity index (χ2n) is 6.63. The zero-order valence-electron chi connectivity index (χ0n) is 14.8. The first-order valence-electron chi connectivity index (χ1n) is 8.89. The molecular formula is C20H24N2O3S. The van der Waals surface area contributed by atoms with Crippen molar-refractivity contribution in [3.8, 4) is 0 Å². The molecule has 138 valence electrons. The fourth-order valence-corrected chi connectivity index (χ4v) is 4.75. The van der Waals surface area contributed by atoms with Gasteiger partial charge in [-0.3, -0.25) is 4.79 Å². The first-order chi connectivity index (χ1) is 12.5. The summed E-state index contributed by atoms with van der Waals surface area (Å²) in [6.45, 7) is 2.70. The van der Waals surface area contributed by atoms with Crippen LogP contribution in [0.25, 0.3) is 0 Å². The number of piperidine rings is 1. The molecule has 0 aliphatic carbocycles. The summed E-state index contributed by atoms with van der Waals surface area (Å²) in [5.74, 6) is -0.151. The topological polar surface area (TPSA) is 66.5 Å². The monoisotopic (exact) mass is 372 g/mol. The average Bonchev–Trinajstić information content (AvgIpc) is 2.69. The first-order valence-corrected chi connectivity index (χ1v) is 10.3. The van der Waals surface area contributed by atoms with Crippen LogP contribution in [0.1, 0.15) is 31.4 Å². The second-order valence-corrected chi connectivity index (χ2v) is 8.57. The van der Waals surface area contributed by atoms with Crippen LogP contribution in [0, 0.1) is 5.92 Å². The Morgan fingerprint density at radius 1 is 1.00 bits per heavy atom. The molecule has 6 heteroatoms. The maximum Gasteiger partial charge on any atom is 0.243 e. The standard InChI is InChI=1S/C20H24N2O3S/c1-16(17-8-4-2-5-9-17)21-20(23)18-12-14-22(15-13-18)26(24,25)19-10-6-3-7-11-19/h2-11,16,18H,12-15H2,1H3,(H,21,23)/t16-/m0/s1. The summed E-state index contributed by atoms with van der Waals surface area (Å²) < 4.78 is 26.8. The van der Waals surface area contributed by atoms with E-state index in [9.17, 15) is 13.2 Å². The Kier molecular flexibility index (Phi) is 5.74. The molecule has 1 fully saturated rings. The summed E-state index contributed by atoms with van der Waals surface area (Å²) in [6, 6.07) is 18.2. The largest absolute Gasteiger partial charge is 0.349 e. The van der Waals surface area contributed by atoms with Gasteiger partial charge in [0.15, 0.2) is 0 Å². The molecule has 1 saturated heterocycles. The maximum absolute atomic E-state index is 12.7. The first kappa shape index (κ1) is 18.6. The van der Waals surface area contributed by atoms with E-state index in [-0.39, 0.29) is 17.9 Å². The van der Waals surface area contributed by atoms with Gasteiger partial charge >= 0.3 is 0 Å². The van der Waals surface area contributed by atoms with E-state index in [0.29, 0.717) is 30.8 Å². The predicted octanol–water partition coefficient (Wildman–Crippen LogP) is 2.96. The van der Waals surface area contributed by atoms with E-state index in [0.717, 1.165) is 5.56 Å². The Morgan fingerprint density at radius 2 is 1.54 bits per heavy atom. The third kappa shape index (κ3) is 4.14. The zero-order valence-corrected chi connectivity index (χ0v) is 15.7. The number of rotatable bonds is 5. The highest BCUT2D eigenvalue weighted by atomic mass is 32.2. The lowest BCUT2D eigenvalue weighted by atomic mass is 9.96. The van der Waals surface area contributed by atoms with Crippen LogP contribution in [0.4, 0.5) is 0 Å². The molecule has 0 bridgehead atoms. The smallest absolute Gasteiger partial charge is 0.243 e. The molecule has 1 N–H and O–H groups in total. The van der Waals surface area contributed by atoms with Gasteiger partial charge < -0.3 is 5.32 Å². The molecule has 1 aliphatic rings. The van der Waals surface area contributed by atoms with E-state index in [1.807, 2.05) is 37.3 Å². The van der Waals surface area contributed by atoms with E-state index in [1.54, 1.807) is 30.3 Å². The highest BCUT2D eigenvalue weighted by molar-refractivity contribution is 7.89. The molecule has 0 radical (unpaired) electrons. The Hall–Kier alpha value is -2.18. The van der Waals surface area contributed by atoms with Crippen molar-refractivity contribution in [2.75, 3.05) is 13.1 Å². The zero-order chi connectivity index (χ0) is 18.6. The summed E-state index contributed by atoms with van der Waals surface area (Å²) in [6.07, 6.45) is 1.08. The molecule has 1 atom stereocenters. The lowest BCUT2D eigenvalue weighted by molar-refractivity contribution is -0.126. The number of carbonyl (C=O) groups is 1. The minimum absolute atomic E-state index is 0.00175. The van der Waals surface area contributed by atoms with Gasteiger partial charge in [0.05, 0.1) is 10.9 Å². The molecule has 1 heterocycles. The number of nitrogens with zero attached hydrogens (tertiary/aromatic N) is 1. The number of carbonyl (C=O) groups excluding carboxylic acids is 1. The molecule has 2 aromatic carbocycles. The fourth-order valence-electron chi connectivity index (χ4n) is 3.26. The third-order valence-electron chi connectivity index (χ3n) is 4.86. The molecule has 0 unspecified atom stereocenters. The Labute approximate surface area is 155 Å². The van der Waals surface area contributed by atoms with Crippen LogP contribution in [0.2, 0.25) is 0 Å². The Bertz CT molecular complexity index is 830. The highest BCUT2D eigenvalue weighted by Gasteiger charge is 2.32. The van der Waals surface area contributed by atoms with E-state index in [2.05, 4.69) is 5.32 Å². The van der Waals surface area contributed by atoms with Gasteiger partial charge in [-0.1, -0.05) is 48.5 Å². The minimum Gasteiger partial charge on any atom is -0.349 e. The van der Waals surface area contributed by atoms with Gasteiger partial charge in [-0.25, -0.2) is 8.42 Å². The molecule has 3 rings (SSSR count). The number of sulfonamides is 1. The predicted molar refractivity (Wildman–Crippen MR) is 101 cm³/mol. The molecule has 0 saturated carbocycles. The minimum atomic E-state index is -3.48. The van der Waals surface area contributed by atoms with Gasteiger partial charge in [0.1, 0.15) is 0 Å². The summed E-state index contributed by atoms with van der Waals surface area (Å²) >= 11 is 0. The van der Waals surface area contributed by atoms with Gasteiger partial charge in [0.25, 0.3) is 0 Å². The molecule has 0 spiro atoms. The summed E-state index contributed by atoms with van der Waals surface area (Å²) in [4.78, 5) is 12.8. The molecule has 1 aliphatic heterocycles. The van der Waals surface area contributed by atoms with E-state index >= 15 is 0 Å². The normalized spacial score (nSPS) is 17.6. The van der Waals surface area contributed by atoms with Crippen molar-refractivity contribution in [3.05, 3.63) is 66.2 Å². The van der Waals surface area contributed by atoms with Crippen LogP contribution < -0.4 is 5.32 Å². The van der Waals surface area contributed by atoms with Crippen molar-refractivity contribution in [1.82, 2.24) is 9.62 Å². The Morgan fingerprint density at radius 3 is 2.12 bits per heavy atom. The van der Waals surface area contributed by atoms with Crippen molar-refractivity contribution in [2.24, 2.45) is 5.92 Å². The average molecular weight is 372 g/mol. The number of nitrogens with one attached hydrogen (secondary N) is 1. The van der Waals surface area contributed by atoms with Crippen LogP contribution >= 0.6 is 0 Å². The Balaban J connectivity index is 1.57. The van der Waals surface area contributed by atoms with Gasteiger partial charge in [0, 0.05) is 19.0 Å². The number of benzene rings is 2.